The smallest absolute Gasteiger partial charge is 0.243 e. The van der Waals surface area contributed by atoms with E-state index in [1.54, 1.807) is 6.07 Å². The Labute approximate surface area is 152 Å². The summed E-state index contributed by atoms with van der Waals surface area (Å²) in [5.41, 5.74) is -0.245. The summed E-state index contributed by atoms with van der Waals surface area (Å²) in [6.07, 6.45) is 0. The Morgan fingerprint density at radius 2 is 1.88 bits per heavy atom. The first kappa shape index (κ1) is 19.4. The number of halogens is 1. The number of amides is 1. The summed E-state index contributed by atoms with van der Waals surface area (Å²) < 4.78 is 31.0. The van der Waals surface area contributed by atoms with Crippen LogP contribution in [0.25, 0.3) is 0 Å². The summed E-state index contributed by atoms with van der Waals surface area (Å²) in [6, 6.07) is 7.35. The van der Waals surface area contributed by atoms with Gasteiger partial charge in [0.25, 0.3) is 0 Å². The molecule has 0 saturated carbocycles. The molecular formula is C16H20ClN3O4S. The SMILES string of the molecule is CN(CC(=O)Nc1cc(C(C)(C)C)on1)S(=O)(=O)c1ccc(Cl)cc1. The van der Waals surface area contributed by atoms with Crippen molar-refractivity contribution in [2.75, 3.05) is 18.9 Å². The van der Waals surface area contributed by atoms with E-state index < -0.39 is 15.9 Å². The molecule has 0 radical (unpaired) electrons. The van der Waals surface area contributed by atoms with Gasteiger partial charge in [0, 0.05) is 23.6 Å². The third kappa shape index (κ3) is 4.81. The Morgan fingerprint density at radius 3 is 2.40 bits per heavy atom. The number of likely N-dealkylation sites (N-methyl/N-ethyl adjacent to an activating group) is 1. The highest BCUT2D eigenvalue weighted by Crippen LogP contribution is 2.24. The van der Waals surface area contributed by atoms with Gasteiger partial charge in [-0.25, -0.2) is 8.42 Å². The second-order valence-corrected chi connectivity index (χ2v) is 9.07. The van der Waals surface area contributed by atoms with Crippen molar-refractivity contribution in [3.05, 3.63) is 41.1 Å². The van der Waals surface area contributed by atoms with E-state index in [0.717, 1.165) is 4.31 Å². The van der Waals surface area contributed by atoms with Crippen molar-refractivity contribution in [1.29, 1.82) is 0 Å². The molecule has 0 unspecified atom stereocenters. The minimum atomic E-state index is -3.79. The van der Waals surface area contributed by atoms with Gasteiger partial charge in [0.2, 0.25) is 15.9 Å². The van der Waals surface area contributed by atoms with Gasteiger partial charge < -0.3 is 9.84 Å². The van der Waals surface area contributed by atoms with Crippen LogP contribution in [0.1, 0.15) is 26.5 Å². The molecule has 9 heteroatoms. The molecule has 2 aromatic rings. The number of nitrogens with one attached hydrogen (secondary N) is 1. The maximum absolute atomic E-state index is 12.4. The summed E-state index contributed by atoms with van der Waals surface area (Å²) in [6.45, 7) is 5.49. The highest BCUT2D eigenvalue weighted by Gasteiger charge is 2.24. The summed E-state index contributed by atoms with van der Waals surface area (Å²) in [5, 5.41) is 6.73. The zero-order chi connectivity index (χ0) is 18.8. The fraction of sp³-hybridized carbons (Fsp3) is 0.375. The fourth-order valence-corrected chi connectivity index (χ4v) is 3.20. The van der Waals surface area contributed by atoms with Crippen molar-refractivity contribution in [1.82, 2.24) is 9.46 Å². The molecule has 1 amide bonds. The standard InChI is InChI=1S/C16H20ClN3O4S/c1-16(2,3)13-9-14(19-24-13)18-15(21)10-20(4)25(22,23)12-7-5-11(17)6-8-12/h5-9H,10H2,1-4H3,(H,18,19,21). The van der Waals surface area contributed by atoms with Crippen LogP contribution in [0.4, 0.5) is 5.82 Å². The molecule has 0 atom stereocenters. The van der Waals surface area contributed by atoms with Gasteiger partial charge in [0.05, 0.1) is 11.4 Å². The van der Waals surface area contributed by atoms with E-state index in [2.05, 4.69) is 10.5 Å². The van der Waals surface area contributed by atoms with Crippen molar-refractivity contribution in [3.8, 4) is 0 Å². The normalized spacial score (nSPS) is 12.4. The molecule has 7 nitrogen and oxygen atoms in total. The molecule has 1 aromatic heterocycles. The van der Waals surface area contributed by atoms with Crippen LogP contribution in [0, 0.1) is 0 Å². The molecule has 0 fully saturated rings. The number of carbonyl (C=O) groups excluding carboxylic acids is 1. The van der Waals surface area contributed by atoms with Crippen molar-refractivity contribution >= 4 is 33.3 Å². The number of benzene rings is 1. The van der Waals surface area contributed by atoms with E-state index in [1.807, 2.05) is 20.8 Å². The van der Waals surface area contributed by atoms with Gasteiger partial charge >= 0.3 is 0 Å². The molecule has 1 N–H and O–H groups in total. The summed E-state index contributed by atoms with van der Waals surface area (Å²) in [7, 11) is -2.46. The molecule has 25 heavy (non-hydrogen) atoms. The highest BCUT2D eigenvalue weighted by molar-refractivity contribution is 7.89. The second-order valence-electron chi connectivity index (χ2n) is 6.59. The van der Waals surface area contributed by atoms with Gasteiger partial charge in [0.15, 0.2) is 5.82 Å². The van der Waals surface area contributed by atoms with Crippen LogP contribution in [0.2, 0.25) is 5.02 Å². The lowest BCUT2D eigenvalue weighted by atomic mass is 9.93. The number of nitrogens with zero attached hydrogens (tertiary/aromatic N) is 2. The number of hydrogen-bond donors (Lipinski definition) is 1. The minimum Gasteiger partial charge on any atom is -0.359 e. The molecule has 1 heterocycles. The number of hydrogen-bond acceptors (Lipinski definition) is 5. The minimum absolute atomic E-state index is 0.0589. The Kier molecular flexibility index (Phi) is 5.55. The van der Waals surface area contributed by atoms with Crippen molar-refractivity contribution in [2.24, 2.45) is 0 Å². The van der Waals surface area contributed by atoms with Gasteiger partial charge in [-0.3, -0.25) is 4.79 Å². The van der Waals surface area contributed by atoms with Crippen LogP contribution in [0.15, 0.2) is 39.8 Å². The maximum atomic E-state index is 12.4. The number of carbonyl (C=O) groups is 1. The summed E-state index contributed by atoms with van der Waals surface area (Å²) in [5.74, 6) is 0.339. The van der Waals surface area contributed by atoms with Gasteiger partial charge in [-0.1, -0.05) is 37.5 Å². The maximum Gasteiger partial charge on any atom is 0.243 e. The number of rotatable bonds is 5. The second kappa shape index (κ2) is 7.15. The van der Waals surface area contributed by atoms with Gasteiger partial charge in [-0.2, -0.15) is 4.31 Å². The first-order valence-electron chi connectivity index (χ1n) is 7.49. The quantitative estimate of drug-likeness (QED) is 0.854. The van der Waals surface area contributed by atoms with E-state index in [4.69, 9.17) is 16.1 Å². The molecule has 0 spiro atoms. The topological polar surface area (TPSA) is 92.5 Å². The Balaban J connectivity index is 2.04. The van der Waals surface area contributed by atoms with Crippen molar-refractivity contribution in [2.45, 2.75) is 31.1 Å². The number of aromatic nitrogens is 1. The van der Waals surface area contributed by atoms with E-state index >= 15 is 0 Å². The van der Waals surface area contributed by atoms with Gasteiger partial charge in [-0.05, 0) is 24.3 Å². The van der Waals surface area contributed by atoms with Gasteiger partial charge in [0.1, 0.15) is 5.76 Å². The molecule has 2 rings (SSSR count). The van der Waals surface area contributed by atoms with Crippen LogP contribution in [-0.4, -0.2) is 37.4 Å². The number of anilines is 1. The predicted octanol–water partition coefficient (Wildman–Crippen LogP) is 2.88. The Hall–Kier alpha value is -1.90. The lowest BCUT2D eigenvalue weighted by Gasteiger charge is -2.16. The molecule has 0 bridgehead atoms. The first-order chi connectivity index (χ1) is 11.5. The number of sulfonamides is 1. The van der Waals surface area contributed by atoms with Crippen LogP contribution in [0.3, 0.4) is 0 Å². The first-order valence-corrected chi connectivity index (χ1v) is 9.31. The van der Waals surface area contributed by atoms with Crippen molar-refractivity contribution in [3.63, 3.8) is 0 Å². The van der Waals surface area contributed by atoms with Crippen LogP contribution in [0.5, 0.6) is 0 Å². The molecule has 136 valence electrons. The average molecular weight is 386 g/mol. The predicted molar refractivity (Wildman–Crippen MR) is 95.1 cm³/mol. The third-order valence-electron chi connectivity index (χ3n) is 3.40. The zero-order valence-corrected chi connectivity index (χ0v) is 16.0. The largest absolute Gasteiger partial charge is 0.359 e. The zero-order valence-electron chi connectivity index (χ0n) is 14.4. The third-order valence-corrected chi connectivity index (χ3v) is 5.47. The molecule has 0 aliphatic heterocycles. The average Bonchev–Trinajstić information content (AvgIpc) is 2.96. The van der Waals surface area contributed by atoms with E-state index in [1.165, 1.54) is 31.3 Å². The Bertz CT molecular complexity index is 854. The summed E-state index contributed by atoms with van der Waals surface area (Å²) in [4.78, 5) is 12.2. The van der Waals surface area contributed by atoms with Gasteiger partial charge in [-0.15, -0.1) is 0 Å². The Morgan fingerprint density at radius 1 is 1.28 bits per heavy atom. The molecule has 0 saturated heterocycles. The van der Waals surface area contributed by atoms with Crippen molar-refractivity contribution < 1.29 is 17.7 Å². The highest BCUT2D eigenvalue weighted by atomic mass is 35.5. The van der Waals surface area contributed by atoms with Crippen LogP contribution >= 0.6 is 11.6 Å². The lowest BCUT2D eigenvalue weighted by Crippen LogP contribution is -2.35. The molecule has 1 aromatic carbocycles. The molecular weight excluding hydrogens is 366 g/mol. The van der Waals surface area contributed by atoms with E-state index in [-0.39, 0.29) is 22.7 Å². The van der Waals surface area contributed by atoms with Crippen LogP contribution in [-0.2, 0) is 20.2 Å². The van der Waals surface area contributed by atoms with E-state index in [0.29, 0.717) is 10.8 Å². The molecule has 0 aliphatic carbocycles. The van der Waals surface area contributed by atoms with E-state index in [9.17, 15) is 13.2 Å². The monoisotopic (exact) mass is 385 g/mol. The molecule has 0 aliphatic rings. The fourth-order valence-electron chi connectivity index (χ4n) is 1.94. The van der Waals surface area contributed by atoms with Crippen LogP contribution < -0.4 is 5.32 Å². The summed E-state index contributed by atoms with van der Waals surface area (Å²) >= 11 is 5.76. The lowest BCUT2D eigenvalue weighted by molar-refractivity contribution is -0.116.